The van der Waals surface area contributed by atoms with Gasteiger partial charge in [-0.3, -0.25) is 4.98 Å². The van der Waals surface area contributed by atoms with E-state index < -0.39 is 0 Å². The molecule has 1 aromatic carbocycles. The van der Waals surface area contributed by atoms with Crippen LogP contribution in [-0.2, 0) is 7.05 Å². The number of hydrogen-bond donors (Lipinski definition) is 0. The third kappa shape index (κ3) is 1.56. The van der Waals surface area contributed by atoms with Crippen molar-refractivity contribution in [3.8, 4) is 11.4 Å². The Bertz CT molecular complexity index is 921. The lowest BCUT2D eigenvalue weighted by Crippen LogP contribution is -1.94. The van der Waals surface area contributed by atoms with Crippen LogP contribution < -0.4 is 0 Å². The molecule has 0 spiro atoms. The number of imidazole rings is 1. The average Bonchev–Trinajstić information content (AvgIpc) is 2.88. The molecule has 20 heavy (non-hydrogen) atoms. The quantitative estimate of drug-likeness (QED) is 0.528. The average molecular weight is 261 g/mol. The van der Waals surface area contributed by atoms with Crippen molar-refractivity contribution in [2.45, 2.75) is 0 Å². The maximum atomic E-state index is 4.60. The molecule has 0 aliphatic heterocycles. The van der Waals surface area contributed by atoms with Gasteiger partial charge in [-0.25, -0.2) is 15.0 Å². The summed E-state index contributed by atoms with van der Waals surface area (Å²) in [7, 11) is 1.92. The van der Waals surface area contributed by atoms with Gasteiger partial charge in [0.1, 0.15) is 5.52 Å². The summed E-state index contributed by atoms with van der Waals surface area (Å²) in [6.07, 6.45) is 5.28. The van der Waals surface area contributed by atoms with E-state index in [2.05, 4.69) is 19.9 Å². The van der Waals surface area contributed by atoms with E-state index in [1.165, 1.54) is 0 Å². The Hall–Kier alpha value is -2.82. The minimum atomic E-state index is 0.672. The summed E-state index contributed by atoms with van der Waals surface area (Å²) in [5.41, 5.74) is 3.47. The van der Waals surface area contributed by atoms with E-state index in [4.69, 9.17) is 0 Å². The molecular weight excluding hydrogens is 250 g/mol. The first-order chi connectivity index (χ1) is 9.83. The first kappa shape index (κ1) is 11.0. The monoisotopic (exact) mass is 261 g/mol. The van der Waals surface area contributed by atoms with Crippen molar-refractivity contribution in [2.75, 3.05) is 0 Å². The predicted molar refractivity (Wildman–Crippen MR) is 77.0 cm³/mol. The molecule has 96 valence electrons. The van der Waals surface area contributed by atoms with Gasteiger partial charge < -0.3 is 4.57 Å². The van der Waals surface area contributed by atoms with Crippen LogP contribution in [0.2, 0.25) is 0 Å². The minimum absolute atomic E-state index is 0.672. The molecule has 0 saturated heterocycles. The Kier molecular flexibility index (Phi) is 2.26. The van der Waals surface area contributed by atoms with Crippen LogP contribution >= 0.6 is 0 Å². The fraction of sp³-hybridized carbons (Fsp3) is 0.0667. The number of hydrogen-bond acceptors (Lipinski definition) is 4. The zero-order chi connectivity index (χ0) is 13.5. The van der Waals surface area contributed by atoms with Gasteiger partial charge in [-0.05, 0) is 12.1 Å². The van der Waals surface area contributed by atoms with Crippen molar-refractivity contribution in [3.63, 3.8) is 0 Å². The van der Waals surface area contributed by atoms with E-state index in [1.54, 1.807) is 18.7 Å². The van der Waals surface area contributed by atoms with E-state index in [0.717, 1.165) is 27.6 Å². The van der Waals surface area contributed by atoms with Gasteiger partial charge in [-0.15, -0.1) is 0 Å². The summed E-state index contributed by atoms with van der Waals surface area (Å²) in [6, 6.07) is 9.99. The predicted octanol–water partition coefficient (Wildman–Crippen LogP) is 2.58. The van der Waals surface area contributed by atoms with Crippen LogP contribution in [0, 0.1) is 0 Å². The molecule has 0 bridgehead atoms. The Morgan fingerprint density at radius 2 is 1.90 bits per heavy atom. The second-order valence-electron chi connectivity index (χ2n) is 4.64. The van der Waals surface area contributed by atoms with Crippen LogP contribution in [0.3, 0.4) is 0 Å². The molecule has 4 aromatic rings. The fourth-order valence-electron chi connectivity index (χ4n) is 2.34. The molecule has 0 aliphatic rings. The van der Waals surface area contributed by atoms with Crippen LogP contribution in [0.25, 0.3) is 33.5 Å². The van der Waals surface area contributed by atoms with E-state index in [0.29, 0.717) is 5.82 Å². The van der Waals surface area contributed by atoms with Gasteiger partial charge in [-0.2, -0.15) is 0 Å². The second kappa shape index (κ2) is 4.09. The molecule has 0 fully saturated rings. The Morgan fingerprint density at radius 3 is 2.85 bits per heavy atom. The van der Waals surface area contributed by atoms with E-state index in [-0.39, 0.29) is 0 Å². The maximum absolute atomic E-state index is 4.60. The van der Waals surface area contributed by atoms with Gasteiger partial charge in [-0.1, -0.05) is 18.2 Å². The van der Waals surface area contributed by atoms with Gasteiger partial charge in [0.05, 0.1) is 18.0 Å². The van der Waals surface area contributed by atoms with Crippen LogP contribution in [0.15, 0.2) is 49.1 Å². The summed E-state index contributed by atoms with van der Waals surface area (Å²) in [6.45, 7) is 0. The minimum Gasteiger partial charge on any atom is -0.318 e. The molecule has 0 radical (unpaired) electrons. The van der Waals surface area contributed by atoms with Gasteiger partial charge in [0.25, 0.3) is 0 Å². The molecule has 5 nitrogen and oxygen atoms in total. The number of nitrogens with zero attached hydrogens (tertiary/aromatic N) is 5. The number of aryl methyl sites for hydroxylation is 1. The van der Waals surface area contributed by atoms with Crippen molar-refractivity contribution in [1.82, 2.24) is 24.5 Å². The number of benzene rings is 1. The first-order valence-electron chi connectivity index (χ1n) is 6.31. The standard InChI is InChI=1S/C15H11N5/c1-20-9-18-12-8-17-14(19-15(12)20)11-6-2-4-10-5-3-7-16-13(10)11/h2-9H,1H3. The van der Waals surface area contributed by atoms with Crippen LogP contribution in [0.4, 0.5) is 0 Å². The third-order valence-corrected chi connectivity index (χ3v) is 3.33. The molecule has 0 N–H and O–H groups in total. The summed E-state index contributed by atoms with van der Waals surface area (Å²) < 4.78 is 1.89. The lowest BCUT2D eigenvalue weighted by molar-refractivity contribution is 0.929. The van der Waals surface area contributed by atoms with Crippen molar-refractivity contribution in [3.05, 3.63) is 49.1 Å². The van der Waals surface area contributed by atoms with Crippen molar-refractivity contribution < 1.29 is 0 Å². The number of fused-ring (bicyclic) bond motifs is 2. The highest BCUT2D eigenvalue weighted by Gasteiger charge is 2.10. The van der Waals surface area contributed by atoms with Crippen molar-refractivity contribution in [1.29, 1.82) is 0 Å². The van der Waals surface area contributed by atoms with Gasteiger partial charge >= 0.3 is 0 Å². The number of para-hydroxylation sites is 1. The molecule has 0 atom stereocenters. The summed E-state index contributed by atoms with van der Waals surface area (Å²) in [4.78, 5) is 17.7. The Balaban J connectivity index is 2.03. The third-order valence-electron chi connectivity index (χ3n) is 3.33. The number of rotatable bonds is 1. The van der Waals surface area contributed by atoms with E-state index >= 15 is 0 Å². The lowest BCUT2D eigenvalue weighted by Gasteiger charge is -2.04. The van der Waals surface area contributed by atoms with Gasteiger partial charge in [0, 0.05) is 24.2 Å². The first-order valence-corrected chi connectivity index (χ1v) is 6.31. The zero-order valence-electron chi connectivity index (χ0n) is 10.9. The summed E-state index contributed by atoms with van der Waals surface area (Å²) >= 11 is 0. The highest BCUT2D eigenvalue weighted by molar-refractivity contribution is 5.92. The largest absolute Gasteiger partial charge is 0.318 e. The van der Waals surface area contributed by atoms with E-state index in [1.807, 2.05) is 41.9 Å². The SMILES string of the molecule is Cn1cnc2cnc(-c3cccc4cccnc34)nc21. The molecule has 0 aliphatic carbocycles. The molecule has 5 heteroatoms. The molecule has 0 saturated carbocycles. The summed E-state index contributed by atoms with van der Waals surface area (Å²) in [5.74, 6) is 0.672. The van der Waals surface area contributed by atoms with Gasteiger partial charge in [0.15, 0.2) is 11.5 Å². The highest BCUT2D eigenvalue weighted by Crippen LogP contribution is 2.24. The zero-order valence-corrected chi connectivity index (χ0v) is 10.9. The van der Waals surface area contributed by atoms with Gasteiger partial charge in [0.2, 0.25) is 0 Å². The van der Waals surface area contributed by atoms with Crippen LogP contribution in [0.5, 0.6) is 0 Å². The van der Waals surface area contributed by atoms with Crippen molar-refractivity contribution in [2.24, 2.45) is 7.05 Å². The van der Waals surface area contributed by atoms with Crippen LogP contribution in [-0.4, -0.2) is 24.5 Å². The smallest absolute Gasteiger partial charge is 0.163 e. The second-order valence-corrected chi connectivity index (χ2v) is 4.64. The molecule has 3 aromatic heterocycles. The lowest BCUT2D eigenvalue weighted by atomic mass is 10.1. The normalized spacial score (nSPS) is 11.2. The molecule has 3 heterocycles. The number of pyridine rings is 1. The van der Waals surface area contributed by atoms with Crippen LogP contribution in [0.1, 0.15) is 0 Å². The Labute approximate surface area is 115 Å². The fourth-order valence-corrected chi connectivity index (χ4v) is 2.34. The topological polar surface area (TPSA) is 56.5 Å². The molecule has 4 rings (SSSR count). The molecule has 0 unspecified atom stereocenters. The van der Waals surface area contributed by atoms with E-state index in [9.17, 15) is 0 Å². The Morgan fingerprint density at radius 1 is 1.00 bits per heavy atom. The molecular formula is C15H11N5. The highest BCUT2D eigenvalue weighted by atomic mass is 15.1. The molecule has 0 amide bonds. The maximum Gasteiger partial charge on any atom is 0.163 e. The number of aromatic nitrogens is 5. The summed E-state index contributed by atoms with van der Waals surface area (Å²) in [5, 5.41) is 1.08. The van der Waals surface area contributed by atoms with Crippen molar-refractivity contribution >= 4 is 22.1 Å².